The van der Waals surface area contributed by atoms with E-state index in [2.05, 4.69) is 24.2 Å². The van der Waals surface area contributed by atoms with Gasteiger partial charge in [-0.15, -0.1) is 0 Å². The van der Waals surface area contributed by atoms with Gasteiger partial charge in [0.2, 0.25) is 0 Å². The van der Waals surface area contributed by atoms with Crippen molar-refractivity contribution in [3.63, 3.8) is 0 Å². The zero-order valence-electron chi connectivity index (χ0n) is 11.6. The highest BCUT2D eigenvalue weighted by Crippen LogP contribution is 2.31. The molecule has 0 saturated heterocycles. The second kappa shape index (κ2) is 4.38. The summed E-state index contributed by atoms with van der Waals surface area (Å²) in [6, 6.07) is 6.12. The Bertz CT molecular complexity index is 631. The molecule has 3 rings (SSSR count). The number of fused-ring (bicyclic) bond motifs is 1. The molecule has 1 atom stereocenters. The van der Waals surface area contributed by atoms with E-state index in [1.807, 2.05) is 24.7 Å². The van der Waals surface area contributed by atoms with E-state index in [0.717, 1.165) is 41.3 Å². The van der Waals surface area contributed by atoms with Crippen molar-refractivity contribution in [2.24, 2.45) is 12.8 Å². The highest BCUT2D eigenvalue weighted by molar-refractivity contribution is 5.44. The number of aromatic nitrogens is 2. The van der Waals surface area contributed by atoms with Crippen LogP contribution in [-0.2, 0) is 13.5 Å². The molecule has 1 unspecified atom stereocenters. The molecule has 2 aromatic rings. The fraction of sp³-hybridized carbons (Fsp3) is 0.400. The highest BCUT2D eigenvalue weighted by Gasteiger charge is 2.20. The smallest absolute Gasteiger partial charge is 0.122 e. The molecular formula is C15H19N3O. The summed E-state index contributed by atoms with van der Waals surface area (Å²) in [5, 5.41) is 4.44. The first-order valence-corrected chi connectivity index (χ1v) is 6.59. The van der Waals surface area contributed by atoms with Crippen LogP contribution in [0.5, 0.6) is 5.75 Å². The number of aryl methyl sites for hydroxylation is 2. The standard InChI is InChI=1S/C15H19N3O/c1-9-14(10(2)18(3)17-9)15(16)12-4-5-13-11(8-12)6-7-19-13/h4-5,8,15H,6-7,16H2,1-3H3. The predicted octanol–water partition coefficient (Wildman–Crippen LogP) is 2.02. The van der Waals surface area contributed by atoms with E-state index in [9.17, 15) is 0 Å². The third-order valence-corrected chi connectivity index (χ3v) is 3.95. The van der Waals surface area contributed by atoms with Gasteiger partial charge in [-0.25, -0.2) is 0 Å². The molecule has 2 N–H and O–H groups in total. The van der Waals surface area contributed by atoms with Crippen molar-refractivity contribution >= 4 is 0 Å². The summed E-state index contributed by atoms with van der Waals surface area (Å²) in [5.41, 5.74) is 12.1. The van der Waals surface area contributed by atoms with Crippen molar-refractivity contribution < 1.29 is 4.74 Å². The van der Waals surface area contributed by atoms with Crippen molar-refractivity contribution in [3.8, 4) is 5.75 Å². The van der Waals surface area contributed by atoms with E-state index in [4.69, 9.17) is 10.5 Å². The number of rotatable bonds is 2. The molecule has 0 aliphatic carbocycles. The first-order valence-electron chi connectivity index (χ1n) is 6.59. The van der Waals surface area contributed by atoms with Gasteiger partial charge in [-0.05, 0) is 31.0 Å². The van der Waals surface area contributed by atoms with Gasteiger partial charge in [-0.1, -0.05) is 12.1 Å². The molecule has 19 heavy (non-hydrogen) atoms. The normalized spacial score (nSPS) is 15.2. The van der Waals surface area contributed by atoms with Gasteiger partial charge >= 0.3 is 0 Å². The topological polar surface area (TPSA) is 53.1 Å². The minimum Gasteiger partial charge on any atom is -0.493 e. The van der Waals surface area contributed by atoms with Gasteiger partial charge in [-0.2, -0.15) is 5.10 Å². The number of nitrogens with zero attached hydrogens (tertiary/aromatic N) is 2. The number of hydrogen-bond donors (Lipinski definition) is 1. The van der Waals surface area contributed by atoms with E-state index >= 15 is 0 Å². The lowest BCUT2D eigenvalue weighted by Gasteiger charge is -2.14. The van der Waals surface area contributed by atoms with E-state index in [0.29, 0.717) is 0 Å². The molecule has 100 valence electrons. The quantitative estimate of drug-likeness (QED) is 0.895. The average molecular weight is 257 g/mol. The lowest BCUT2D eigenvalue weighted by atomic mass is 9.96. The average Bonchev–Trinajstić information content (AvgIpc) is 2.94. The van der Waals surface area contributed by atoms with Crippen molar-refractivity contribution in [2.45, 2.75) is 26.3 Å². The maximum absolute atomic E-state index is 6.43. The Kier molecular flexibility index (Phi) is 2.82. The number of ether oxygens (including phenoxy) is 1. The van der Waals surface area contributed by atoms with E-state index in [1.165, 1.54) is 5.56 Å². The van der Waals surface area contributed by atoms with Gasteiger partial charge in [0, 0.05) is 24.7 Å². The number of hydrogen-bond acceptors (Lipinski definition) is 3. The molecule has 0 radical (unpaired) electrons. The molecule has 4 nitrogen and oxygen atoms in total. The van der Waals surface area contributed by atoms with Crippen LogP contribution in [0.3, 0.4) is 0 Å². The Hall–Kier alpha value is -1.81. The summed E-state index contributed by atoms with van der Waals surface area (Å²) < 4.78 is 7.42. The Morgan fingerprint density at radius 3 is 2.84 bits per heavy atom. The molecule has 1 aromatic heterocycles. The predicted molar refractivity (Wildman–Crippen MR) is 74.4 cm³/mol. The summed E-state index contributed by atoms with van der Waals surface area (Å²) in [4.78, 5) is 0. The minimum absolute atomic E-state index is 0.125. The Morgan fingerprint density at radius 1 is 1.37 bits per heavy atom. The van der Waals surface area contributed by atoms with Crippen LogP contribution in [0.15, 0.2) is 18.2 Å². The molecule has 0 amide bonds. The van der Waals surface area contributed by atoms with Crippen LogP contribution in [0.1, 0.15) is 34.1 Å². The molecule has 1 aromatic carbocycles. The largest absolute Gasteiger partial charge is 0.493 e. The number of benzene rings is 1. The van der Waals surface area contributed by atoms with Crippen LogP contribution in [0, 0.1) is 13.8 Å². The summed E-state index contributed by atoms with van der Waals surface area (Å²) >= 11 is 0. The maximum atomic E-state index is 6.43. The first kappa shape index (κ1) is 12.2. The Labute approximate surface area is 113 Å². The Morgan fingerprint density at radius 2 is 2.16 bits per heavy atom. The lowest BCUT2D eigenvalue weighted by Crippen LogP contribution is -2.14. The third-order valence-electron chi connectivity index (χ3n) is 3.95. The minimum atomic E-state index is -0.125. The van der Waals surface area contributed by atoms with Crippen LogP contribution >= 0.6 is 0 Å². The van der Waals surface area contributed by atoms with Crippen LogP contribution < -0.4 is 10.5 Å². The zero-order chi connectivity index (χ0) is 13.6. The van der Waals surface area contributed by atoms with E-state index in [-0.39, 0.29) is 6.04 Å². The molecule has 0 saturated carbocycles. The van der Waals surface area contributed by atoms with Crippen LogP contribution in [0.2, 0.25) is 0 Å². The van der Waals surface area contributed by atoms with Gasteiger partial charge < -0.3 is 10.5 Å². The fourth-order valence-corrected chi connectivity index (χ4v) is 2.81. The zero-order valence-corrected chi connectivity index (χ0v) is 11.6. The van der Waals surface area contributed by atoms with Crippen LogP contribution in [0.25, 0.3) is 0 Å². The summed E-state index contributed by atoms with van der Waals surface area (Å²) in [6.45, 7) is 4.85. The highest BCUT2D eigenvalue weighted by atomic mass is 16.5. The molecule has 1 aliphatic rings. The third kappa shape index (κ3) is 1.92. The van der Waals surface area contributed by atoms with Crippen molar-refractivity contribution in [2.75, 3.05) is 6.61 Å². The van der Waals surface area contributed by atoms with E-state index < -0.39 is 0 Å². The van der Waals surface area contributed by atoms with Gasteiger partial charge in [0.25, 0.3) is 0 Å². The molecular weight excluding hydrogens is 238 g/mol. The van der Waals surface area contributed by atoms with Crippen LogP contribution in [-0.4, -0.2) is 16.4 Å². The van der Waals surface area contributed by atoms with Crippen molar-refractivity contribution in [3.05, 3.63) is 46.3 Å². The molecule has 2 heterocycles. The number of nitrogens with two attached hydrogens (primary N) is 1. The summed E-state index contributed by atoms with van der Waals surface area (Å²) in [7, 11) is 1.95. The van der Waals surface area contributed by atoms with Crippen LogP contribution in [0.4, 0.5) is 0 Å². The molecule has 0 fully saturated rings. The summed E-state index contributed by atoms with van der Waals surface area (Å²) in [5.74, 6) is 0.996. The summed E-state index contributed by atoms with van der Waals surface area (Å²) in [6.07, 6.45) is 0.973. The maximum Gasteiger partial charge on any atom is 0.122 e. The van der Waals surface area contributed by atoms with Gasteiger partial charge in [0.1, 0.15) is 5.75 Å². The molecule has 4 heteroatoms. The lowest BCUT2D eigenvalue weighted by molar-refractivity contribution is 0.357. The fourth-order valence-electron chi connectivity index (χ4n) is 2.81. The molecule has 0 spiro atoms. The molecule has 1 aliphatic heterocycles. The van der Waals surface area contributed by atoms with Gasteiger partial charge in [-0.3, -0.25) is 4.68 Å². The van der Waals surface area contributed by atoms with E-state index in [1.54, 1.807) is 0 Å². The molecule has 0 bridgehead atoms. The first-order chi connectivity index (χ1) is 9.08. The monoisotopic (exact) mass is 257 g/mol. The van der Waals surface area contributed by atoms with Gasteiger partial charge in [0.15, 0.2) is 0 Å². The Balaban J connectivity index is 2.02. The van der Waals surface area contributed by atoms with Crippen molar-refractivity contribution in [1.82, 2.24) is 9.78 Å². The second-order valence-corrected chi connectivity index (χ2v) is 5.15. The van der Waals surface area contributed by atoms with Crippen molar-refractivity contribution in [1.29, 1.82) is 0 Å². The second-order valence-electron chi connectivity index (χ2n) is 5.15. The van der Waals surface area contributed by atoms with Gasteiger partial charge in [0.05, 0.1) is 18.3 Å². The SMILES string of the molecule is Cc1nn(C)c(C)c1C(N)c1ccc2c(c1)CCO2.